The minimum atomic E-state index is -1.26. The summed E-state index contributed by atoms with van der Waals surface area (Å²) in [6.07, 6.45) is 8.15. The van der Waals surface area contributed by atoms with E-state index in [9.17, 15) is 4.79 Å². The second-order valence-corrected chi connectivity index (χ2v) is 11.6. The lowest BCUT2D eigenvalue weighted by molar-refractivity contribution is 0.512. The van der Waals surface area contributed by atoms with E-state index in [0.717, 1.165) is 59.6 Å². The zero-order valence-electron chi connectivity index (χ0n) is 14.0. The summed E-state index contributed by atoms with van der Waals surface area (Å²) in [4.78, 5) is 12.7. The Hall–Kier alpha value is -1.25. The smallest absolute Gasteiger partial charge is 0.279 e. The second-order valence-electron chi connectivity index (χ2n) is 7.04. The maximum atomic E-state index is 12.7. The molecule has 0 amide bonds. The maximum Gasteiger partial charge on any atom is 0.350 e. The van der Waals surface area contributed by atoms with Gasteiger partial charge in [0.2, 0.25) is 0 Å². The molecule has 6 heteroatoms. The SMILES string of the molecule is C=P(C)(C)Cc1cc(-n2nc3n(c2=O)CCCC3)c(C)cc1Cl. The highest BCUT2D eigenvalue weighted by Crippen LogP contribution is 2.42. The lowest BCUT2D eigenvalue weighted by Gasteiger charge is -2.16. The van der Waals surface area contributed by atoms with Crippen LogP contribution >= 0.6 is 18.5 Å². The Bertz CT molecular complexity index is 859. The number of hydrogen-bond donors (Lipinski definition) is 0. The molecule has 1 aliphatic rings. The molecule has 4 nitrogen and oxygen atoms in total. The van der Waals surface area contributed by atoms with Crippen LogP contribution in [-0.4, -0.2) is 34.0 Å². The summed E-state index contributed by atoms with van der Waals surface area (Å²) in [6.45, 7) is 5.85. The van der Waals surface area contributed by atoms with E-state index in [0.29, 0.717) is 0 Å². The zero-order chi connectivity index (χ0) is 16.8. The minimum Gasteiger partial charge on any atom is -0.279 e. The summed E-state index contributed by atoms with van der Waals surface area (Å²) < 4.78 is 3.35. The molecule has 1 aromatic heterocycles. The third kappa shape index (κ3) is 3.34. The average Bonchev–Trinajstić information content (AvgIpc) is 2.78. The molecule has 0 atom stereocenters. The van der Waals surface area contributed by atoms with Crippen LogP contribution in [0.2, 0.25) is 5.02 Å². The Kier molecular flexibility index (Phi) is 4.33. The van der Waals surface area contributed by atoms with Crippen LogP contribution in [0.5, 0.6) is 0 Å². The predicted octanol–water partition coefficient (Wildman–Crippen LogP) is 3.54. The quantitative estimate of drug-likeness (QED) is 0.793. The number of nitrogens with zero attached hydrogens (tertiary/aromatic N) is 3. The molecule has 0 saturated heterocycles. The van der Waals surface area contributed by atoms with Crippen LogP contribution in [0.3, 0.4) is 0 Å². The van der Waals surface area contributed by atoms with E-state index in [1.807, 2.05) is 19.1 Å². The van der Waals surface area contributed by atoms with E-state index >= 15 is 0 Å². The summed E-state index contributed by atoms with van der Waals surface area (Å²) in [5, 5.41) is 5.32. The largest absolute Gasteiger partial charge is 0.350 e. The topological polar surface area (TPSA) is 39.8 Å². The van der Waals surface area contributed by atoms with Gasteiger partial charge in [0.25, 0.3) is 0 Å². The van der Waals surface area contributed by atoms with Crippen molar-refractivity contribution in [1.82, 2.24) is 14.3 Å². The number of fused-ring (bicyclic) bond motifs is 1. The van der Waals surface area contributed by atoms with Crippen molar-refractivity contribution in [1.29, 1.82) is 0 Å². The number of benzene rings is 1. The number of rotatable bonds is 3. The van der Waals surface area contributed by atoms with E-state index in [1.165, 1.54) is 0 Å². The number of hydrogen-bond acceptors (Lipinski definition) is 2. The van der Waals surface area contributed by atoms with Crippen LogP contribution in [0, 0.1) is 6.92 Å². The Morgan fingerprint density at radius 2 is 2.09 bits per heavy atom. The number of aromatic nitrogens is 3. The highest BCUT2D eigenvalue weighted by molar-refractivity contribution is 7.71. The lowest BCUT2D eigenvalue weighted by Crippen LogP contribution is -2.26. The van der Waals surface area contributed by atoms with Crippen LogP contribution in [0.25, 0.3) is 5.69 Å². The molecule has 3 rings (SSSR count). The van der Waals surface area contributed by atoms with E-state index in [1.54, 1.807) is 9.25 Å². The summed E-state index contributed by atoms with van der Waals surface area (Å²) in [5.74, 6) is 0.891. The lowest BCUT2D eigenvalue weighted by atomic mass is 10.1. The zero-order valence-corrected chi connectivity index (χ0v) is 15.6. The van der Waals surface area contributed by atoms with Crippen LogP contribution in [0.1, 0.15) is 29.8 Å². The molecule has 0 unspecified atom stereocenters. The monoisotopic (exact) mass is 351 g/mol. The molecule has 124 valence electrons. The van der Waals surface area contributed by atoms with Crippen molar-refractivity contribution in [3.63, 3.8) is 0 Å². The van der Waals surface area contributed by atoms with Gasteiger partial charge in [-0.05, 0) is 62.5 Å². The highest BCUT2D eigenvalue weighted by atomic mass is 35.5. The molecule has 0 radical (unpaired) electrons. The maximum absolute atomic E-state index is 12.7. The summed E-state index contributed by atoms with van der Waals surface area (Å²) in [5.41, 5.74) is 2.82. The van der Waals surface area contributed by atoms with Crippen molar-refractivity contribution in [3.8, 4) is 5.69 Å². The summed E-state index contributed by atoms with van der Waals surface area (Å²) in [7, 11) is 0. The Morgan fingerprint density at radius 1 is 1.35 bits per heavy atom. The van der Waals surface area contributed by atoms with Crippen molar-refractivity contribution in [3.05, 3.63) is 44.6 Å². The molecule has 0 saturated carbocycles. The van der Waals surface area contributed by atoms with Gasteiger partial charge >= 0.3 is 5.69 Å². The molecule has 0 N–H and O–H groups in total. The van der Waals surface area contributed by atoms with E-state index in [-0.39, 0.29) is 5.69 Å². The molecule has 23 heavy (non-hydrogen) atoms. The van der Waals surface area contributed by atoms with Gasteiger partial charge in [-0.1, -0.05) is 11.6 Å². The van der Waals surface area contributed by atoms with Crippen molar-refractivity contribution >= 4 is 24.8 Å². The Morgan fingerprint density at radius 3 is 2.74 bits per heavy atom. The van der Waals surface area contributed by atoms with Gasteiger partial charge < -0.3 is 0 Å². The number of halogens is 1. The van der Waals surface area contributed by atoms with E-state index < -0.39 is 6.89 Å². The van der Waals surface area contributed by atoms with Crippen molar-refractivity contribution < 1.29 is 0 Å². The Balaban J connectivity index is 2.13. The summed E-state index contributed by atoms with van der Waals surface area (Å²) >= 11 is 6.41. The first kappa shape index (κ1) is 16.6. The van der Waals surface area contributed by atoms with Crippen molar-refractivity contribution in [2.24, 2.45) is 0 Å². The second kappa shape index (κ2) is 5.99. The molecule has 0 spiro atoms. The minimum absolute atomic E-state index is 0.0419. The molecule has 0 bridgehead atoms. The van der Waals surface area contributed by atoms with Crippen LogP contribution in [0.15, 0.2) is 16.9 Å². The van der Waals surface area contributed by atoms with Crippen molar-refractivity contribution in [2.75, 3.05) is 13.3 Å². The van der Waals surface area contributed by atoms with E-state index in [2.05, 4.69) is 24.7 Å². The standard InChI is InChI=1S/C17H23ClN3OP/c1-12-9-14(18)13(11-23(2,3)4)10-15(12)21-17(22)20-8-6-5-7-16(20)19-21/h9-10H,2,5-8,11H2,1,3-4H3. The fourth-order valence-corrected chi connectivity index (χ4v) is 4.63. The molecular formula is C17H23ClN3OP. The van der Waals surface area contributed by atoms with Crippen molar-refractivity contribution in [2.45, 2.75) is 38.9 Å². The fourth-order valence-electron chi connectivity index (χ4n) is 3.07. The van der Waals surface area contributed by atoms with Gasteiger partial charge in [-0.2, -0.15) is 4.68 Å². The Labute approximate surface area is 142 Å². The van der Waals surface area contributed by atoms with Crippen LogP contribution < -0.4 is 5.69 Å². The molecule has 2 aromatic rings. The highest BCUT2D eigenvalue weighted by Gasteiger charge is 2.19. The molecule has 0 fully saturated rings. The molecule has 0 aliphatic carbocycles. The molecule has 1 aliphatic heterocycles. The van der Waals surface area contributed by atoms with Gasteiger partial charge in [-0.3, -0.25) is 4.57 Å². The first-order chi connectivity index (χ1) is 10.8. The fraction of sp³-hybridized carbons (Fsp3) is 0.471. The van der Waals surface area contributed by atoms with Gasteiger partial charge in [-0.15, -0.1) is 18.3 Å². The third-order valence-corrected chi connectivity index (χ3v) is 5.71. The van der Waals surface area contributed by atoms with Crippen LogP contribution in [-0.2, 0) is 19.1 Å². The van der Waals surface area contributed by atoms with Gasteiger partial charge in [0.05, 0.1) is 5.69 Å². The van der Waals surface area contributed by atoms with Gasteiger partial charge in [0.1, 0.15) is 5.82 Å². The van der Waals surface area contributed by atoms with Gasteiger partial charge in [0.15, 0.2) is 0 Å². The van der Waals surface area contributed by atoms with Gasteiger partial charge in [-0.25, -0.2) is 4.79 Å². The summed E-state index contributed by atoms with van der Waals surface area (Å²) in [6, 6.07) is 3.96. The van der Waals surface area contributed by atoms with E-state index in [4.69, 9.17) is 11.6 Å². The molecule has 1 aromatic carbocycles. The first-order valence-electron chi connectivity index (χ1n) is 7.92. The molecular weight excluding hydrogens is 329 g/mol. The third-order valence-electron chi connectivity index (χ3n) is 4.16. The van der Waals surface area contributed by atoms with Gasteiger partial charge in [0, 0.05) is 18.0 Å². The molecule has 2 heterocycles. The normalized spacial score (nSPS) is 14.8. The predicted molar refractivity (Wildman–Crippen MR) is 100 cm³/mol. The average molecular weight is 352 g/mol. The first-order valence-corrected chi connectivity index (χ1v) is 11.3. The van der Waals surface area contributed by atoms with Crippen LogP contribution in [0.4, 0.5) is 0 Å². The number of aryl methyl sites for hydroxylation is 2.